The number of nitrogens with one attached hydrogen (secondary N) is 1. The highest BCUT2D eigenvalue weighted by Crippen LogP contribution is 2.30. The molecule has 1 aliphatic rings. The molecule has 2 heterocycles. The molecule has 0 aliphatic carbocycles. The number of aromatic nitrogens is 2. The van der Waals surface area contributed by atoms with Crippen molar-refractivity contribution in [1.29, 1.82) is 0 Å². The van der Waals surface area contributed by atoms with E-state index >= 15 is 0 Å². The number of piperidine rings is 1. The van der Waals surface area contributed by atoms with E-state index in [1.54, 1.807) is 18.3 Å². The molecule has 0 spiro atoms. The van der Waals surface area contributed by atoms with Crippen LogP contribution in [-0.2, 0) is 11.2 Å². The largest absolute Gasteiger partial charge is 0.494 e. The number of ether oxygens (including phenoxy) is 1. The summed E-state index contributed by atoms with van der Waals surface area (Å²) in [4.78, 5) is 14.6. The predicted molar refractivity (Wildman–Crippen MR) is 83.5 cm³/mol. The van der Waals surface area contributed by atoms with Crippen molar-refractivity contribution in [3.05, 3.63) is 47.5 Å². The second kappa shape index (κ2) is 6.81. The van der Waals surface area contributed by atoms with Crippen LogP contribution < -0.4 is 4.74 Å². The SMILES string of the molecule is COc1ccc(CC(=O)N2CCCCC2c2ccn[nH]2)cc1F. The van der Waals surface area contributed by atoms with Gasteiger partial charge in [0.2, 0.25) is 5.91 Å². The van der Waals surface area contributed by atoms with Crippen molar-refractivity contribution in [1.82, 2.24) is 15.1 Å². The lowest BCUT2D eigenvalue weighted by atomic mass is 9.98. The van der Waals surface area contributed by atoms with E-state index in [2.05, 4.69) is 10.2 Å². The summed E-state index contributed by atoms with van der Waals surface area (Å²) < 4.78 is 18.7. The van der Waals surface area contributed by atoms with Crippen molar-refractivity contribution in [2.24, 2.45) is 0 Å². The van der Waals surface area contributed by atoms with Crippen molar-refractivity contribution in [2.75, 3.05) is 13.7 Å². The minimum Gasteiger partial charge on any atom is -0.494 e. The summed E-state index contributed by atoms with van der Waals surface area (Å²) in [7, 11) is 1.42. The number of aromatic amines is 1. The van der Waals surface area contributed by atoms with E-state index in [1.807, 2.05) is 11.0 Å². The van der Waals surface area contributed by atoms with Gasteiger partial charge in [0.1, 0.15) is 0 Å². The molecule has 3 rings (SSSR count). The lowest BCUT2D eigenvalue weighted by molar-refractivity contribution is -0.134. The highest BCUT2D eigenvalue weighted by Gasteiger charge is 2.28. The van der Waals surface area contributed by atoms with E-state index in [0.717, 1.165) is 31.5 Å². The average molecular weight is 317 g/mol. The second-order valence-electron chi connectivity index (χ2n) is 5.76. The number of carbonyl (C=O) groups is 1. The minimum atomic E-state index is -0.443. The lowest BCUT2D eigenvalue weighted by Gasteiger charge is -2.35. The van der Waals surface area contributed by atoms with Gasteiger partial charge in [0.05, 0.1) is 25.3 Å². The van der Waals surface area contributed by atoms with Crippen LogP contribution in [0.5, 0.6) is 5.75 Å². The molecule has 122 valence electrons. The fraction of sp³-hybridized carbons (Fsp3) is 0.412. The molecule has 1 unspecified atom stereocenters. The Bertz CT molecular complexity index is 672. The molecule has 0 radical (unpaired) electrons. The first-order valence-electron chi connectivity index (χ1n) is 7.80. The average Bonchev–Trinajstić information content (AvgIpc) is 3.09. The van der Waals surface area contributed by atoms with Crippen LogP contribution in [0.25, 0.3) is 0 Å². The van der Waals surface area contributed by atoms with E-state index in [9.17, 15) is 9.18 Å². The van der Waals surface area contributed by atoms with Gasteiger partial charge in [0, 0.05) is 12.7 Å². The smallest absolute Gasteiger partial charge is 0.227 e. The van der Waals surface area contributed by atoms with Gasteiger partial charge in [-0.3, -0.25) is 9.89 Å². The third-order valence-corrected chi connectivity index (χ3v) is 4.28. The fourth-order valence-electron chi connectivity index (χ4n) is 3.10. The molecular weight excluding hydrogens is 297 g/mol. The van der Waals surface area contributed by atoms with Crippen LogP contribution in [0, 0.1) is 5.82 Å². The zero-order valence-corrected chi connectivity index (χ0v) is 13.1. The number of halogens is 1. The Balaban J connectivity index is 1.74. The molecule has 6 heteroatoms. The number of rotatable bonds is 4. The predicted octanol–water partition coefficient (Wildman–Crippen LogP) is 2.85. The number of amides is 1. The Morgan fingerprint density at radius 3 is 3.00 bits per heavy atom. The van der Waals surface area contributed by atoms with Crippen LogP contribution in [0.2, 0.25) is 0 Å². The highest BCUT2D eigenvalue weighted by molar-refractivity contribution is 5.79. The van der Waals surface area contributed by atoms with Crippen molar-refractivity contribution >= 4 is 5.91 Å². The molecule has 1 saturated heterocycles. The molecule has 23 heavy (non-hydrogen) atoms. The number of benzene rings is 1. The molecule has 2 aromatic rings. The number of methoxy groups -OCH3 is 1. The quantitative estimate of drug-likeness (QED) is 0.943. The molecule has 1 fully saturated rings. The van der Waals surface area contributed by atoms with Crippen molar-refractivity contribution in [2.45, 2.75) is 31.7 Å². The molecule has 1 aromatic carbocycles. The Morgan fingerprint density at radius 1 is 1.43 bits per heavy atom. The first-order chi connectivity index (χ1) is 11.2. The monoisotopic (exact) mass is 317 g/mol. The van der Waals surface area contributed by atoms with Gasteiger partial charge in [-0.15, -0.1) is 0 Å². The van der Waals surface area contributed by atoms with Crippen LogP contribution in [0.4, 0.5) is 4.39 Å². The van der Waals surface area contributed by atoms with E-state index in [1.165, 1.54) is 13.2 Å². The Kier molecular flexibility index (Phi) is 4.60. The van der Waals surface area contributed by atoms with Crippen LogP contribution in [0.15, 0.2) is 30.5 Å². The number of nitrogens with zero attached hydrogens (tertiary/aromatic N) is 2. The molecule has 0 bridgehead atoms. The molecular formula is C17H20FN3O2. The molecule has 1 amide bonds. The van der Waals surface area contributed by atoms with Crippen LogP contribution in [-0.4, -0.2) is 34.7 Å². The van der Waals surface area contributed by atoms with Crippen LogP contribution in [0.1, 0.15) is 36.6 Å². The molecule has 1 aromatic heterocycles. The summed E-state index contributed by atoms with van der Waals surface area (Å²) in [5.74, 6) is -0.245. The molecule has 5 nitrogen and oxygen atoms in total. The Labute approximate surface area is 134 Å². The fourth-order valence-corrected chi connectivity index (χ4v) is 3.10. The lowest BCUT2D eigenvalue weighted by Crippen LogP contribution is -2.39. The molecule has 1 aliphatic heterocycles. The summed E-state index contributed by atoms with van der Waals surface area (Å²) in [5.41, 5.74) is 1.61. The first-order valence-corrected chi connectivity index (χ1v) is 7.80. The van der Waals surface area contributed by atoms with Crippen LogP contribution >= 0.6 is 0 Å². The van der Waals surface area contributed by atoms with E-state index < -0.39 is 5.82 Å². The van der Waals surface area contributed by atoms with E-state index in [0.29, 0.717) is 5.56 Å². The summed E-state index contributed by atoms with van der Waals surface area (Å²) in [6.45, 7) is 0.723. The summed E-state index contributed by atoms with van der Waals surface area (Å²) in [6.07, 6.45) is 4.89. The number of carbonyl (C=O) groups excluding carboxylic acids is 1. The van der Waals surface area contributed by atoms with Crippen molar-refractivity contribution < 1.29 is 13.9 Å². The minimum absolute atomic E-state index is 0.00821. The third kappa shape index (κ3) is 3.36. The molecule has 0 saturated carbocycles. The van der Waals surface area contributed by atoms with E-state index in [4.69, 9.17) is 4.74 Å². The number of likely N-dealkylation sites (tertiary alicyclic amines) is 1. The standard InChI is InChI=1S/C17H20FN3O2/c1-23-16-6-5-12(10-13(16)18)11-17(22)21-9-3-2-4-15(21)14-7-8-19-20-14/h5-8,10,15H,2-4,9,11H2,1H3,(H,19,20). The summed E-state index contributed by atoms with van der Waals surface area (Å²) in [5, 5.41) is 6.94. The van der Waals surface area contributed by atoms with Gasteiger partial charge >= 0.3 is 0 Å². The van der Waals surface area contributed by atoms with Crippen LogP contribution in [0.3, 0.4) is 0 Å². The zero-order chi connectivity index (χ0) is 16.2. The van der Waals surface area contributed by atoms with Crippen molar-refractivity contribution in [3.63, 3.8) is 0 Å². The summed E-state index contributed by atoms with van der Waals surface area (Å²) >= 11 is 0. The maximum absolute atomic E-state index is 13.8. The molecule has 1 atom stereocenters. The van der Waals surface area contributed by atoms with Gasteiger partial charge < -0.3 is 9.64 Å². The van der Waals surface area contributed by atoms with Gasteiger partial charge in [-0.25, -0.2) is 4.39 Å². The zero-order valence-electron chi connectivity index (χ0n) is 13.1. The number of hydrogen-bond acceptors (Lipinski definition) is 3. The highest BCUT2D eigenvalue weighted by atomic mass is 19.1. The summed E-state index contributed by atoms with van der Waals surface area (Å²) in [6, 6.07) is 6.59. The Hall–Kier alpha value is -2.37. The number of H-pyrrole nitrogens is 1. The number of hydrogen-bond donors (Lipinski definition) is 1. The van der Waals surface area contributed by atoms with Crippen molar-refractivity contribution in [3.8, 4) is 5.75 Å². The van der Waals surface area contributed by atoms with Gasteiger partial charge in [-0.05, 0) is 43.0 Å². The maximum atomic E-state index is 13.8. The topological polar surface area (TPSA) is 58.2 Å². The van der Waals surface area contributed by atoms with Gasteiger partial charge in [-0.2, -0.15) is 5.10 Å². The first kappa shape index (κ1) is 15.5. The second-order valence-corrected chi connectivity index (χ2v) is 5.76. The van der Waals surface area contributed by atoms with E-state index in [-0.39, 0.29) is 24.1 Å². The molecule has 1 N–H and O–H groups in total. The maximum Gasteiger partial charge on any atom is 0.227 e. The normalized spacial score (nSPS) is 18.0. The van der Waals surface area contributed by atoms with Gasteiger partial charge in [0.15, 0.2) is 11.6 Å². The Morgan fingerprint density at radius 2 is 2.30 bits per heavy atom. The third-order valence-electron chi connectivity index (χ3n) is 4.28. The van der Waals surface area contributed by atoms with Gasteiger partial charge in [-0.1, -0.05) is 6.07 Å². The van der Waals surface area contributed by atoms with Gasteiger partial charge in [0.25, 0.3) is 0 Å².